The molecule has 2 rings (SSSR count). The number of aryl methyl sites for hydroxylation is 1. The van der Waals surface area contributed by atoms with Gasteiger partial charge in [-0.3, -0.25) is 4.79 Å². The molecular formula is C13H17FN2O. The predicted molar refractivity (Wildman–Crippen MR) is 64.5 cm³/mol. The number of hydrogen-bond donors (Lipinski definition) is 1. The first-order valence-electron chi connectivity index (χ1n) is 5.86. The largest absolute Gasteiger partial charge is 0.336 e. The second-order valence-electron chi connectivity index (χ2n) is 4.62. The van der Waals surface area contributed by atoms with Crippen molar-refractivity contribution in [3.8, 4) is 0 Å². The zero-order valence-corrected chi connectivity index (χ0v) is 10.2. The molecule has 1 aliphatic heterocycles. The molecule has 0 unspecified atom stereocenters. The number of nitrogens with zero attached hydrogens (tertiary/aromatic N) is 1. The lowest BCUT2D eigenvalue weighted by Gasteiger charge is -2.32. The van der Waals surface area contributed by atoms with Crippen LogP contribution in [0.3, 0.4) is 0 Å². The Labute approximate surface area is 101 Å². The molecule has 1 heterocycles. The number of hydrogen-bond acceptors (Lipinski definition) is 2. The molecule has 1 fully saturated rings. The Morgan fingerprint density at radius 2 is 2.24 bits per heavy atom. The fraction of sp³-hybridized carbons (Fsp3) is 0.462. The summed E-state index contributed by atoms with van der Waals surface area (Å²) >= 11 is 0. The van der Waals surface area contributed by atoms with Gasteiger partial charge < -0.3 is 10.2 Å². The van der Waals surface area contributed by atoms with Crippen LogP contribution in [-0.2, 0) is 0 Å². The van der Waals surface area contributed by atoms with Gasteiger partial charge in [0, 0.05) is 31.2 Å². The third-order valence-electron chi connectivity index (χ3n) is 2.95. The van der Waals surface area contributed by atoms with Crippen molar-refractivity contribution < 1.29 is 9.18 Å². The van der Waals surface area contributed by atoms with Gasteiger partial charge in [-0.1, -0.05) is 0 Å². The summed E-state index contributed by atoms with van der Waals surface area (Å²) in [5, 5.41) is 3.27. The monoisotopic (exact) mass is 236 g/mol. The first-order valence-corrected chi connectivity index (χ1v) is 5.86. The van der Waals surface area contributed by atoms with E-state index in [1.165, 1.54) is 12.1 Å². The number of halogens is 1. The van der Waals surface area contributed by atoms with Crippen LogP contribution in [0.4, 0.5) is 4.39 Å². The van der Waals surface area contributed by atoms with Crippen molar-refractivity contribution in [2.45, 2.75) is 19.9 Å². The molecule has 1 aliphatic rings. The molecular weight excluding hydrogens is 219 g/mol. The molecule has 0 aliphatic carbocycles. The van der Waals surface area contributed by atoms with Crippen LogP contribution >= 0.6 is 0 Å². The Kier molecular flexibility index (Phi) is 3.43. The molecule has 0 aromatic heterocycles. The first-order chi connectivity index (χ1) is 8.06. The molecule has 0 radical (unpaired) electrons. The van der Waals surface area contributed by atoms with Crippen molar-refractivity contribution in [2.24, 2.45) is 0 Å². The molecule has 1 saturated heterocycles. The van der Waals surface area contributed by atoms with Crippen LogP contribution in [0.1, 0.15) is 22.8 Å². The molecule has 1 atom stereocenters. The number of rotatable bonds is 1. The van der Waals surface area contributed by atoms with Gasteiger partial charge in [0.05, 0.1) is 0 Å². The molecule has 4 heteroatoms. The fourth-order valence-electron chi connectivity index (χ4n) is 2.16. The maximum atomic E-state index is 13.2. The number of benzene rings is 1. The quantitative estimate of drug-likeness (QED) is 0.802. The van der Waals surface area contributed by atoms with Crippen LogP contribution in [0.15, 0.2) is 18.2 Å². The van der Waals surface area contributed by atoms with E-state index in [1.54, 1.807) is 17.9 Å². The Morgan fingerprint density at radius 3 is 2.88 bits per heavy atom. The number of carbonyl (C=O) groups is 1. The van der Waals surface area contributed by atoms with E-state index < -0.39 is 0 Å². The summed E-state index contributed by atoms with van der Waals surface area (Å²) in [6.07, 6.45) is 0. The highest BCUT2D eigenvalue weighted by Gasteiger charge is 2.21. The van der Waals surface area contributed by atoms with Gasteiger partial charge in [-0.25, -0.2) is 4.39 Å². The highest BCUT2D eigenvalue weighted by Crippen LogP contribution is 2.12. The van der Waals surface area contributed by atoms with Gasteiger partial charge in [0.15, 0.2) is 0 Å². The minimum Gasteiger partial charge on any atom is -0.336 e. The molecule has 92 valence electrons. The van der Waals surface area contributed by atoms with Crippen molar-refractivity contribution in [2.75, 3.05) is 19.6 Å². The first kappa shape index (κ1) is 12.0. The lowest BCUT2D eigenvalue weighted by atomic mass is 10.1. The van der Waals surface area contributed by atoms with Gasteiger partial charge in [0.1, 0.15) is 5.82 Å². The number of nitrogens with one attached hydrogen (secondary N) is 1. The highest BCUT2D eigenvalue weighted by molar-refractivity contribution is 5.94. The van der Waals surface area contributed by atoms with E-state index in [2.05, 4.69) is 5.32 Å². The normalized spacial score (nSPS) is 20.4. The maximum Gasteiger partial charge on any atom is 0.254 e. The smallest absolute Gasteiger partial charge is 0.254 e. The molecule has 17 heavy (non-hydrogen) atoms. The standard InChI is InChI=1S/C13H17FN2O/c1-9-5-11(7-12(14)6-9)13(17)16-4-3-15-10(2)8-16/h5-7,10,15H,3-4,8H2,1-2H3/t10-/m1/s1. The van der Waals surface area contributed by atoms with E-state index in [1.807, 2.05) is 6.92 Å². The molecule has 1 N–H and O–H groups in total. The van der Waals surface area contributed by atoms with E-state index >= 15 is 0 Å². The summed E-state index contributed by atoms with van der Waals surface area (Å²) in [7, 11) is 0. The Hall–Kier alpha value is -1.42. The van der Waals surface area contributed by atoms with E-state index in [4.69, 9.17) is 0 Å². The second-order valence-corrected chi connectivity index (χ2v) is 4.62. The van der Waals surface area contributed by atoms with Crippen LogP contribution in [0, 0.1) is 12.7 Å². The number of carbonyl (C=O) groups excluding carboxylic acids is 1. The van der Waals surface area contributed by atoms with Gasteiger partial charge >= 0.3 is 0 Å². The van der Waals surface area contributed by atoms with E-state index in [0.717, 1.165) is 12.1 Å². The average Bonchev–Trinajstić information content (AvgIpc) is 2.26. The van der Waals surface area contributed by atoms with Crippen molar-refractivity contribution in [3.05, 3.63) is 35.1 Å². The SMILES string of the molecule is Cc1cc(F)cc(C(=O)N2CCN[C@H](C)C2)c1. The van der Waals surface area contributed by atoms with E-state index in [9.17, 15) is 9.18 Å². The van der Waals surface area contributed by atoms with Gasteiger partial charge in [-0.2, -0.15) is 0 Å². The Balaban J connectivity index is 2.18. The molecule has 0 spiro atoms. The summed E-state index contributed by atoms with van der Waals surface area (Å²) in [4.78, 5) is 14.0. The van der Waals surface area contributed by atoms with Crippen molar-refractivity contribution >= 4 is 5.91 Å². The van der Waals surface area contributed by atoms with Crippen molar-refractivity contribution in [3.63, 3.8) is 0 Å². The van der Waals surface area contributed by atoms with Crippen molar-refractivity contribution in [1.82, 2.24) is 10.2 Å². The van der Waals surface area contributed by atoms with Crippen LogP contribution in [0.2, 0.25) is 0 Å². The minimum atomic E-state index is -0.350. The molecule has 1 aromatic rings. The zero-order valence-electron chi connectivity index (χ0n) is 10.2. The third kappa shape index (κ3) is 2.82. The summed E-state index contributed by atoms with van der Waals surface area (Å²) < 4.78 is 13.2. The van der Waals surface area contributed by atoms with Gasteiger partial charge in [0.25, 0.3) is 5.91 Å². The topological polar surface area (TPSA) is 32.3 Å². The molecule has 3 nitrogen and oxygen atoms in total. The predicted octanol–water partition coefficient (Wildman–Crippen LogP) is 1.57. The lowest BCUT2D eigenvalue weighted by molar-refractivity contribution is 0.0708. The number of piperazine rings is 1. The molecule has 1 aromatic carbocycles. The van der Waals surface area contributed by atoms with E-state index in [-0.39, 0.29) is 11.7 Å². The average molecular weight is 236 g/mol. The minimum absolute atomic E-state index is 0.0825. The summed E-state index contributed by atoms with van der Waals surface area (Å²) in [6, 6.07) is 4.76. The Bertz CT molecular complexity index is 413. The zero-order chi connectivity index (χ0) is 12.4. The lowest BCUT2D eigenvalue weighted by Crippen LogP contribution is -2.51. The van der Waals surface area contributed by atoms with Gasteiger partial charge in [0.2, 0.25) is 0 Å². The van der Waals surface area contributed by atoms with Gasteiger partial charge in [-0.05, 0) is 37.6 Å². The van der Waals surface area contributed by atoms with Crippen LogP contribution in [0.25, 0.3) is 0 Å². The van der Waals surface area contributed by atoms with E-state index in [0.29, 0.717) is 24.7 Å². The molecule has 1 amide bonds. The van der Waals surface area contributed by atoms with Crippen LogP contribution < -0.4 is 5.32 Å². The van der Waals surface area contributed by atoms with Crippen molar-refractivity contribution in [1.29, 1.82) is 0 Å². The van der Waals surface area contributed by atoms with Gasteiger partial charge in [-0.15, -0.1) is 0 Å². The van der Waals surface area contributed by atoms with Crippen LogP contribution in [0.5, 0.6) is 0 Å². The summed E-state index contributed by atoms with van der Waals surface area (Å²) in [5.41, 5.74) is 1.22. The summed E-state index contributed by atoms with van der Waals surface area (Å²) in [5.74, 6) is -0.433. The second kappa shape index (κ2) is 4.84. The third-order valence-corrected chi connectivity index (χ3v) is 2.95. The molecule has 0 bridgehead atoms. The number of amides is 1. The highest BCUT2D eigenvalue weighted by atomic mass is 19.1. The maximum absolute atomic E-state index is 13.2. The summed E-state index contributed by atoms with van der Waals surface area (Å²) in [6.45, 7) is 5.98. The molecule has 0 saturated carbocycles. The fourth-order valence-corrected chi connectivity index (χ4v) is 2.16. The Morgan fingerprint density at radius 1 is 1.47 bits per heavy atom. The van der Waals surface area contributed by atoms with Crippen LogP contribution in [-0.4, -0.2) is 36.5 Å².